The number of benzene rings is 1. The number of hydrogen-bond donors (Lipinski definition) is 1. The quantitative estimate of drug-likeness (QED) is 0.931. The van der Waals surface area contributed by atoms with E-state index in [1.807, 2.05) is 6.20 Å². The van der Waals surface area contributed by atoms with Crippen molar-refractivity contribution in [3.05, 3.63) is 46.2 Å². The summed E-state index contributed by atoms with van der Waals surface area (Å²) in [5.41, 5.74) is 10.0. The van der Waals surface area contributed by atoms with E-state index in [-0.39, 0.29) is 5.54 Å². The Kier molecular flexibility index (Phi) is 2.79. The molecule has 2 aromatic rings. The van der Waals surface area contributed by atoms with Crippen LogP contribution in [0.2, 0.25) is 0 Å². The molecule has 1 heterocycles. The van der Waals surface area contributed by atoms with E-state index in [9.17, 15) is 0 Å². The summed E-state index contributed by atoms with van der Waals surface area (Å²) in [6, 6.07) is 8.70. The van der Waals surface area contributed by atoms with Gasteiger partial charge in [0.1, 0.15) is 0 Å². The SMILES string of the molecule is NC1(Cc2ccc(-n3ncc(Br)c3C3CC3)cc2)CC1. The van der Waals surface area contributed by atoms with Crippen LogP contribution in [0, 0.1) is 0 Å². The van der Waals surface area contributed by atoms with Crippen molar-refractivity contribution in [3.63, 3.8) is 0 Å². The van der Waals surface area contributed by atoms with Gasteiger partial charge in [0.25, 0.3) is 0 Å². The molecule has 4 rings (SSSR count). The number of nitrogens with zero attached hydrogens (tertiary/aromatic N) is 2. The summed E-state index contributed by atoms with van der Waals surface area (Å²) in [7, 11) is 0. The maximum Gasteiger partial charge on any atom is 0.0649 e. The molecule has 2 aliphatic carbocycles. The van der Waals surface area contributed by atoms with Crippen molar-refractivity contribution >= 4 is 15.9 Å². The van der Waals surface area contributed by atoms with Gasteiger partial charge in [-0.3, -0.25) is 0 Å². The molecule has 4 heteroatoms. The van der Waals surface area contributed by atoms with Crippen LogP contribution in [0.5, 0.6) is 0 Å². The lowest BCUT2D eigenvalue weighted by Gasteiger charge is -2.11. The summed E-state index contributed by atoms with van der Waals surface area (Å²) in [6.45, 7) is 0. The zero-order valence-electron chi connectivity index (χ0n) is 11.3. The van der Waals surface area contributed by atoms with Crippen molar-refractivity contribution in [3.8, 4) is 5.69 Å². The van der Waals surface area contributed by atoms with Gasteiger partial charge in [0, 0.05) is 11.5 Å². The van der Waals surface area contributed by atoms with Crippen LogP contribution in [0.3, 0.4) is 0 Å². The second kappa shape index (κ2) is 4.43. The lowest BCUT2D eigenvalue weighted by Crippen LogP contribution is -2.24. The Balaban J connectivity index is 1.62. The zero-order valence-corrected chi connectivity index (χ0v) is 12.9. The average Bonchev–Trinajstić information content (AvgIpc) is 3.35. The summed E-state index contributed by atoms with van der Waals surface area (Å²) in [4.78, 5) is 0. The van der Waals surface area contributed by atoms with E-state index in [0.29, 0.717) is 5.92 Å². The molecule has 0 spiro atoms. The first-order valence-corrected chi connectivity index (χ1v) is 8.06. The Bertz CT molecular complexity index is 636. The Hall–Kier alpha value is -1.13. The molecule has 104 valence electrons. The number of halogens is 1. The van der Waals surface area contributed by atoms with Crippen LogP contribution in [-0.2, 0) is 6.42 Å². The number of rotatable bonds is 4. The molecular weight excluding hydrogens is 314 g/mol. The smallest absolute Gasteiger partial charge is 0.0649 e. The zero-order chi connectivity index (χ0) is 13.7. The second-order valence-corrected chi connectivity index (χ2v) is 7.12. The number of nitrogens with two attached hydrogens (primary N) is 1. The number of hydrogen-bond acceptors (Lipinski definition) is 2. The highest BCUT2D eigenvalue weighted by Gasteiger charge is 2.37. The molecule has 3 nitrogen and oxygen atoms in total. The van der Waals surface area contributed by atoms with Crippen LogP contribution in [-0.4, -0.2) is 15.3 Å². The van der Waals surface area contributed by atoms with Gasteiger partial charge < -0.3 is 5.73 Å². The Morgan fingerprint density at radius 1 is 1.25 bits per heavy atom. The molecule has 2 saturated carbocycles. The minimum absolute atomic E-state index is 0.0788. The normalized spacial score (nSPS) is 20.1. The summed E-state index contributed by atoms with van der Waals surface area (Å²) >= 11 is 3.62. The van der Waals surface area contributed by atoms with E-state index in [4.69, 9.17) is 5.73 Å². The van der Waals surface area contributed by atoms with Crippen LogP contribution in [0.15, 0.2) is 34.9 Å². The maximum absolute atomic E-state index is 6.18. The first kappa shape index (κ1) is 12.6. The standard InChI is InChI=1S/C16H18BrN3/c17-14-10-19-20(15(14)12-3-4-12)13-5-1-11(2-6-13)9-16(18)7-8-16/h1-2,5-6,10,12H,3-4,7-9,18H2. The monoisotopic (exact) mass is 331 g/mol. The molecule has 2 N–H and O–H groups in total. The van der Waals surface area contributed by atoms with E-state index < -0.39 is 0 Å². The molecule has 2 aliphatic rings. The third-order valence-corrected chi connectivity index (χ3v) is 4.96. The third kappa shape index (κ3) is 2.31. The van der Waals surface area contributed by atoms with Gasteiger partial charge in [-0.25, -0.2) is 4.68 Å². The van der Waals surface area contributed by atoms with Crippen LogP contribution in [0.4, 0.5) is 0 Å². The van der Waals surface area contributed by atoms with Gasteiger partial charge in [-0.1, -0.05) is 12.1 Å². The second-order valence-electron chi connectivity index (χ2n) is 6.27. The molecule has 0 unspecified atom stereocenters. The minimum atomic E-state index is 0.0788. The molecule has 0 saturated heterocycles. The fourth-order valence-corrected chi connectivity index (χ4v) is 3.35. The minimum Gasteiger partial charge on any atom is -0.325 e. The van der Waals surface area contributed by atoms with E-state index in [1.54, 1.807) is 0 Å². The van der Waals surface area contributed by atoms with Crippen molar-refractivity contribution in [1.29, 1.82) is 0 Å². The van der Waals surface area contributed by atoms with Gasteiger partial charge in [-0.05, 0) is 65.7 Å². The van der Waals surface area contributed by atoms with Crippen LogP contribution < -0.4 is 5.73 Å². The molecule has 1 aromatic carbocycles. The lowest BCUT2D eigenvalue weighted by atomic mass is 10.0. The van der Waals surface area contributed by atoms with E-state index in [1.165, 1.54) is 24.1 Å². The molecular formula is C16H18BrN3. The maximum atomic E-state index is 6.18. The highest BCUT2D eigenvalue weighted by Crippen LogP contribution is 2.44. The van der Waals surface area contributed by atoms with Gasteiger partial charge in [-0.15, -0.1) is 0 Å². The molecule has 0 atom stereocenters. The first-order chi connectivity index (χ1) is 9.65. The van der Waals surface area contributed by atoms with E-state index in [0.717, 1.165) is 29.4 Å². The first-order valence-electron chi connectivity index (χ1n) is 7.26. The third-order valence-electron chi connectivity index (χ3n) is 4.35. The molecule has 20 heavy (non-hydrogen) atoms. The summed E-state index contributed by atoms with van der Waals surface area (Å²) in [5.74, 6) is 0.672. The van der Waals surface area contributed by atoms with Crippen molar-refractivity contribution < 1.29 is 0 Å². The highest BCUT2D eigenvalue weighted by atomic mass is 79.9. The van der Waals surface area contributed by atoms with E-state index in [2.05, 4.69) is 50.0 Å². The molecule has 0 aliphatic heterocycles. The largest absolute Gasteiger partial charge is 0.325 e. The van der Waals surface area contributed by atoms with Gasteiger partial charge in [0.2, 0.25) is 0 Å². The van der Waals surface area contributed by atoms with Crippen molar-refractivity contribution in [2.24, 2.45) is 5.73 Å². The molecule has 0 radical (unpaired) electrons. The van der Waals surface area contributed by atoms with Crippen molar-refractivity contribution in [2.45, 2.75) is 43.6 Å². The van der Waals surface area contributed by atoms with Crippen LogP contribution >= 0.6 is 15.9 Å². The van der Waals surface area contributed by atoms with E-state index >= 15 is 0 Å². The topological polar surface area (TPSA) is 43.8 Å². The van der Waals surface area contributed by atoms with Crippen LogP contribution in [0.25, 0.3) is 5.69 Å². The summed E-state index contributed by atoms with van der Waals surface area (Å²) in [5, 5.41) is 4.51. The van der Waals surface area contributed by atoms with Gasteiger partial charge in [0.05, 0.1) is 22.1 Å². The predicted molar refractivity (Wildman–Crippen MR) is 83.1 cm³/mol. The fourth-order valence-electron chi connectivity index (χ4n) is 2.77. The Morgan fingerprint density at radius 2 is 1.95 bits per heavy atom. The molecule has 0 bridgehead atoms. The summed E-state index contributed by atoms with van der Waals surface area (Å²) < 4.78 is 3.20. The molecule has 1 aromatic heterocycles. The van der Waals surface area contributed by atoms with Gasteiger partial charge in [0.15, 0.2) is 0 Å². The molecule has 2 fully saturated rings. The fraction of sp³-hybridized carbons (Fsp3) is 0.438. The number of aromatic nitrogens is 2. The summed E-state index contributed by atoms with van der Waals surface area (Å²) in [6.07, 6.45) is 7.77. The highest BCUT2D eigenvalue weighted by molar-refractivity contribution is 9.10. The Morgan fingerprint density at radius 3 is 2.55 bits per heavy atom. The Labute approximate surface area is 127 Å². The van der Waals surface area contributed by atoms with Crippen molar-refractivity contribution in [2.75, 3.05) is 0 Å². The average molecular weight is 332 g/mol. The van der Waals surface area contributed by atoms with Gasteiger partial charge in [-0.2, -0.15) is 5.10 Å². The van der Waals surface area contributed by atoms with Crippen LogP contribution in [0.1, 0.15) is 42.9 Å². The van der Waals surface area contributed by atoms with Gasteiger partial charge >= 0.3 is 0 Å². The predicted octanol–water partition coefficient (Wildman–Crippen LogP) is 3.55. The lowest BCUT2D eigenvalue weighted by molar-refractivity contribution is 0.672. The van der Waals surface area contributed by atoms with Crippen molar-refractivity contribution in [1.82, 2.24) is 9.78 Å². The molecule has 0 amide bonds.